The van der Waals surface area contributed by atoms with Crippen LogP contribution in [0.4, 0.5) is 0 Å². The molecule has 276 valence electrons. The maximum absolute atomic E-state index is 13.2. The van der Waals surface area contributed by atoms with E-state index in [1.165, 1.54) is 5.06 Å². The molecule has 2 heterocycles. The number of nitrogens with one attached hydrogen (secondary N) is 1. The summed E-state index contributed by atoms with van der Waals surface area (Å²) in [5, 5.41) is 11.3. The van der Waals surface area contributed by atoms with Gasteiger partial charge in [-0.1, -0.05) is 39.2 Å². The van der Waals surface area contributed by atoms with Gasteiger partial charge in [0.25, 0.3) is 0 Å². The Morgan fingerprint density at radius 1 is 0.875 bits per heavy atom. The van der Waals surface area contributed by atoms with Gasteiger partial charge in [-0.25, -0.2) is 10.1 Å². The van der Waals surface area contributed by atoms with Crippen LogP contribution in [0.3, 0.4) is 0 Å². The van der Waals surface area contributed by atoms with Crippen molar-refractivity contribution in [2.24, 2.45) is 11.3 Å². The molecule has 3 atom stereocenters. The van der Waals surface area contributed by atoms with Crippen LogP contribution in [-0.2, 0) is 38.3 Å². The predicted octanol–water partition coefficient (Wildman–Crippen LogP) is 7.32. The van der Waals surface area contributed by atoms with Crippen LogP contribution in [0.1, 0.15) is 138 Å². The molecule has 2 saturated heterocycles. The van der Waals surface area contributed by atoms with Crippen LogP contribution < -0.4 is 0 Å². The van der Waals surface area contributed by atoms with E-state index < -0.39 is 0 Å². The molecular weight excluding hydrogens is 614 g/mol. The Morgan fingerprint density at radius 3 is 2.15 bits per heavy atom. The Bertz CT molecular complexity index is 1040. The standard InChI is InChI=1S/C37H65N3O8/c1-9-44-34(42)19-13-11-15-24-48-40-31(25-28(2)3)26-29(35(40)43)17-16-22-45-32(38)18-12-10-14-23-47-39-30(20-21-33(39)41)27-46-37(7,8)36(4,5)6/h29-31,38H,2,9-27H2,1,3-8H3. The highest BCUT2D eigenvalue weighted by molar-refractivity contribution is 5.80. The number of hydrogen-bond acceptors (Lipinski definition) is 9. The summed E-state index contributed by atoms with van der Waals surface area (Å²) in [5.74, 6) is -0.0262. The second-order valence-corrected chi connectivity index (χ2v) is 14.9. The third kappa shape index (κ3) is 14.5. The van der Waals surface area contributed by atoms with Crippen LogP contribution >= 0.6 is 0 Å². The fourth-order valence-corrected chi connectivity index (χ4v) is 5.70. The molecule has 0 saturated carbocycles. The molecule has 0 aliphatic carbocycles. The van der Waals surface area contributed by atoms with E-state index in [0.29, 0.717) is 71.6 Å². The fourth-order valence-electron chi connectivity index (χ4n) is 5.70. The molecule has 0 aromatic carbocycles. The van der Waals surface area contributed by atoms with Crippen molar-refractivity contribution < 1.29 is 38.3 Å². The van der Waals surface area contributed by atoms with Crippen molar-refractivity contribution in [3.05, 3.63) is 12.2 Å². The molecule has 0 aromatic rings. The molecular formula is C37H65N3O8. The largest absolute Gasteiger partial charge is 0.481 e. The molecule has 0 spiro atoms. The van der Waals surface area contributed by atoms with Crippen LogP contribution in [-0.4, -0.2) is 84.5 Å². The number of rotatable bonds is 24. The van der Waals surface area contributed by atoms with E-state index in [1.54, 1.807) is 12.0 Å². The predicted molar refractivity (Wildman–Crippen MR) is 186 cm³/mol. The number of unbranched alkanes of at least 4 members (excludes halogenated alkanes) is 4. The maximum Gasteiger partial charge on any atom is 0.305 e. The van der Waals surface area contributed by atoms with Gasteiger partial charge in [0.15, 0.2) is 5.90 Å². The van der Waals surface area contributed by atoms with Gasteiger partial charge < -0.3 is 14.2 Å². The quantitative estimate of drug-likeness (QED) is 0.0370. The number of esters is 1. The Kier molecular flexibility index (Phi) is 18.1. The molecule has 2 rings (SSSR count). The minimum atomic E-state index is -0.315. The minimum Gasteiger partial charge on any atom is -0.481 e. The van der Waals surface area contributed by atoms with Crippen LogP contribution in [0.25, 0.3) is 0 Å². The highest BCUT2D eigenvalue weighted by atomic mass is 16.7. The van der Waals surface area contributed by atoms with Gasteiger partial charge in [-0.3, -0.25) is 29.5 Å². The van der Waals surface area contributed by atoms with E-state index in [2.05, 4.69) is 41.2 Å². The van der Waals surface area contributed by atoms with Crippen molar-refractivity contribution in [1.29, 1.82) is 5.41 Å². The monoisotopic (exact) mass is 679 g/mol. The second kappa shape index (κ2) is 20.9. The Labute approximate surface area is 289 Å². The Morgan fingerprint density at radius 2 is 1.52 bits per heavy atom. The number of carbonyl (C=O) groups excluding carboxylic acids is 3. The van der Waals surface area contributed by atoms with Crippen LogP contribution in [0.2, 0.25) is 0 Å². The third-order valence-corrected chi connectivity index (χ3v) is 9.56. The van der Waals surface area contributed by atoms with E-state index in [4.69, 9.17) is 29.3 Å². The third-order valence-electron chi connectivity index (χ3n) is 9.56. The van der Waals surface area contributed by atoms with Crippen molar-refractivity contribution in [1.82, 2.24) is 10.1 Å². The zero-order valence-electron chi connectivity index (χ0n) is 31.0. The van der Waals surface area contributed by atoms with Crippen molar-refractivity contribution in [3.8, 4) is 0 Å². The van der Waals surface area contributed by atoms with Gasteiger partial charge in [0.05, 0.1) is 50.7 Å². The molecule has 0 radical (unpaired) electrons. The summed E-state index contributed by atoms with van der Waals surface area (Å²) >= 11 is 0. The molecule has 2 aliphatic rings. The molecule has 2 aliphatic heterocycles. The molecule has 3 unspecified atom stereocenters. The Balaban J connectivity index is 1.60. The first-order chi connectivity index (χ1) is 22.7. The van der Waals surface area contributed by atoms with Gasteiger partial charge >= 0.3 is 5.97 Å². The average molecular weight is 680 g/mol. The summed E-state index contributed by atoms with van der Waals surface area (Å²) < 4.78 is 16.8. The zero-order chi connectivity index (χ0) is 35.7. The zero-order valence-corrected chi connectivity index (χ0v) is 31.0. The van der Waals surface area contributed by atoms with Gasteiger partial charge in [0.1, 0.15) is 0 Å². The number of hydroxylamine groups is 4. The summed E-state index contributed by atoms with van der Waals surface area (Å²) in [6, 6.07) is -0.0841. The lowest BCUT2D eigenvalue weighted by Crippen LogP contribution is -2.44. The normalized spacial score (nSPS) is 20.1. The molecule has 0 bridgehead atoms. The smallest absolute Gasteiger partial charge is 0.305 e. The minimum absolute atomic E-state index is 0.00768. The van der Waals surface area contributed by atoms with Crippen molar-refractivity contribution in [2.45, 2.75) is 156 Å². The summed E-state index contributed by atoms with van der Waals surface area (Å²) in [4.78, 5) is 48.8. The average Bonchev–Trinajstić information content (AvgIpc) is 3.50. The first kappa shape index (κ1) is 41.7. The summed E-state index contributed by atoms with van der Waals surface area (Å²) in [7, 11) is 0. The molecule has 2 amide bonds. The fraction of sp³-hybridized carbons (Fsp3) is 0.838. The van der Waals surface area contributed by atoms with E-state index in [1.807, 2.05) is 6.92 Å². The van der Waals surface area contributed by atoms with Crippen molar-refractivity contribution in [2.75, 3.05) is 33.0 Å². The highest BCUT2D eigenvalue weighted by Crippen LogP contribution is 2.34. The van der Waals surface area contributed by atoms with E-state index in [-0.39, 0.29) is 52.7 Å². The number of ether oxygens (including phenoxy) is 3. The van der Waals surface area contributed by atoms with E-state index in [0.717, 1.165) is 56.9 Å². The summed E-state index contributed by atoms with van der Waals surface area (Å²) in [6.07, 6.45) is 9.78. The first-order valence-electron chi connectivity index (χ1n) is 18.2. The lowest BCUT2D eigenvalue weighted by Gasteiger charge is -2.40. The summed E-state index contributed by atoms with van der Waals surface area (Å²) in [6.45, 7) is 20.6. The number of nitrogens with zero attached hydrogens (tertiary/aromatic N) is 2. The Hall–Kier alpha value is -2.50. The lowest BCUT2D eigenvalue weighted by molar-refractivity contribution is -0.203. The summed E-state index contributed by atoms with van der Waals surface area (Å²) in [5.41, 5.74) is 0.679. The van der Waals surface area contributed by atoms with Crippen molar-refractivity contribution >= 4 is 23.7 Å². The topological polar surface area (TPSA) is 128 Å². The molecule has 0 aromatic heterocycles. The van der Waals surface area contributed by atoms with Crippen molar-refractivity contribution in [3.63, 3.8) is 0 Å². The SMILES string of the molecule is C=C(C)CC1CC(CCCOC(=N)CCCCCON2C(=O)CCC2COC(C)(C)C(C)(C)C)C(=O)N1OCCCCCC(=O)OCC. The van der Waals surface area contributed by atoms with E-state index >= 15 is 0 Å². The van der Waals surface area contributed by atoms with Gasteiger partial charge in [0, 0.05) is 25.2 Å². The van der Waals surface area contributed by atoms with Gasteiger partial charge in [-0.15, -0.1) is 6.58 Å². The van der Waals surface area contributed by atoms with Gasteiger partial charge in [-0.2, -0.15) is 0 Å². The van der Waals surface area contributed by atoms with Crippen LogP contribution in [0.15, 0.2) is 12.2 Å². The number of amides is 2. The lowest BCUT2D eigenvalue weighted by atomic mass is 9.79. The van der Waals surface area contributed by atoms with E-state index in [9.17, 15) is 14.4 Å². The number of carbonyl (C=O) groups is 3. The molecule has 48 heavy (non-hydrogen) atoms. The molecule has 11 heteroatoms. The molecule has 1 N–H and O–H groups in total. The maximum atomic E-state index is 13.2. The van der Waals surface area contributed by atoms with Crippen LogP contribution in [0.5, 0.6) is 0 Å². The van der Waals surface area contributed by atoms with Crippen LogP contribution in [0, 0.1) is 16.7 Å². The number of hydrogen-bond donors (Lipinski definition) is 1. The van der Waals surface area contributed by atoms with Gasteiger partial charge in [-0.05, 0) is 90.9 Å². The molecule has 11 nitrogen and oxygen atoms in total. The first-order valence-corrected chi connectivity index (χ1v) is 18.2. The molecule has 2 fully saturated rings. The second-order valence-electron chi connectivity index (χ2n) is 14.9. The van der Waals surface area contributed by atoms with Gasteiger partial charge in [0.2, 0.25) is 11.8 Å². The highest BCUT2D eigenvalue weighted by Gasteiger charge is 2.40.